The Kier molecular flexibility index (Phi) is 5.27. The molecule has 3 N–H and O–H groups in total. The summed E-state index contributed by atoms with van der Waals surface area (Å²) in [4.78, 5) is 22.7. The van der Waals surface area contributed by atoms with Crippen molar-refractivity contribution >= 4 is 17.4 Å². The zero-order valence-corrected chi connectivity index (χ0v) is 21.2. The lowest BCUT2D eigenvalue weighted by Gasteiger charge is -2.34. The maximum Gasteiger partial charge on any atom is 0.235 e. The van der Waals surface area contributed by atoms with Crippen LogP contribution in [0.2, 0.25) is 0 Å². The van der Waals surface area contributed by atoms with Gasteiger partial charge in [0.25, 0.3) is 0 Å². The van der Waals surface area contributed by atoms with Crippen molar-refractivity contribution in [2.45, 2.75) is 43.2 Å². The summed E-state index contributed by atoms with van der Waals surface area (Å²) in [7, 11) is 3.87. The summed E-state index contributed by atoms with van der Waals surface area (Å²) in [6.07, 6.45) is 6.48. The number of hydrogen-bond donors (Lipinski definition) is 3. The number of hydrazine groups is 1. The van der Waals surface area contributed by atoms with Crippen molar-refractivity contribution in [3.8, 4) is 5.75 Å². The van der Waals surface area contributed by atoms with Crippen molar-refractivity contribution < 1.29 is 9.53 Å². The van der Waals surface area contributed by atoms with Crippen LogP contribution in [0, 0.1) is 17.8 Å². The number of carbonyl (C=O) groups is 1. The fourth-order valence-electron chi connectivity index (χ4n) is 7.51. The van der Waals surface area contributed by atoms with Crippen LogP contribution in [0.15, 0.2) is 36.5 Å². The Labute approximate surface area is 212 Å². The summed E-state index contributed by atoms with van der Waals surface area (Å²) in [5.74, 6) is 3.62. The van der Waals surface area contributed by atoms with Gasteiger partial charge in [0.1, 0.15) is 11.6 Å². The van der Waals surface area contributed by atoms with Gasteiger partial charge in [0, 0.05) is 44.1 Å². The van der Waals surface area contributed by atoms with Gasteiger partial charge in [0.15, 0.2) is 0 Å². The van der Waals surface area contributed by atoms with E-state index in [9.17, 15) is 4.79 Å². The molecule has 6 atom stereocenters. The molecule has 3 aliphatic heterocycles. The Morgan fingerprint density at radius 3 is 2.72 bits per heavy atom. The highest BCUT2D eigenvalue weighted by Gasteiger charge is 2.67. The summed E-state index contributed by atoms with van der Waals surface area (Å²) < 4.78 is 5.47. The van der Waals surface area contributed by atoms with Crippen molar-refractivity contribution in [1.29, 1.82) is 0 Å². The van der Waals surface area contributed by atoms with Crippen LogP contribution in [0.3, 0.4) is 0 Å². The zero-order chi connectivity index (χ0) is 24.4. The smallest absolute Gasteiger partial charge is 0.235 e. The van der Waals surface area contributed by atoms with E-state index in [1.807, 2.05) is 12.1 Å². The Balaban J connectivity index is 1.03. The lowest BCUT2D eigenvalue weighted by Crippen LogP contribution is -2.44. The third-order valence-electron chi connectivity index (χ3n) is 9.70. The van der Waals surface area contributed by atoms with Gasteiger partial charge in [0.2, 0.25) is 5.91 Å². The number of nitrogens with zero attached hydrogens (tertiary/aromatic N) is 3. The molecule has 2 aromatic rings. The second-order valence-corrected chi connectivity index (χ2v) is 11.5. The van der Waals surface area contributed by atoms with Crippen molar-refractivity contribution in [2.24, 2.45) is 17.8 Å². The van der Waals surface area contributed by atoms with Gasteiger partial charge in [-0.05, 0) is 85.9 Å². The molecule has 8 heteroatoms. The monoisotopic (exact) mass is 488 g/mol. The number of likely N-dealkylation sites (N-methyl/N-ethyl adjacent to an activating group) is 1. The molecule has 36 heavy (non-hydrogen) atoms. The zero-order valence-electron chi connectivity index (χ0n) is 21.2. The van der Waals surface area contributed by atoms with Gasteiger partial charge in [-0.25, -0.2) is 10.4 Å². The van der Waals surface area contributed by atoms with E-state index in [0.717, 1.165) is 61.8 Å². The first-order valence-corrected chi connectivity index (χ1v) is 13.5. The predicted octanol–water partition coefficient (Wildman–Crippen LogP) is 2.69. The molecule has 4 fully saturated rings. The number of methoxy groups -OCH3 is 1. The second-order valence-electron chi connectivity index (χ2n) is 11.5. The Hall–Kier alpha value is -2.68. The largest absolute Gasteiger partial charge is 0.497 e. The molecule has 1 amide bonds. The van der Waals surface area contributed by atoms with Crippen LogP contribution in [0.5, 0.6) is 5.75 Å². The first kappa shape index (κ1) is 22.5. The highest BCUT2D eigenvalue weighted by atomic mass is 16.5. The van der Waals surface area contributed by atoms with Gasteiger partial charge in [-0.2, -0.15) is 0 Å². The fourth-order valence-corrected chi connectivity index (χ4v) is 7.51. The Morgan fingerprint density at radius 2 is 1.94 bits per heavy atom. The Morgan fingerprint density at radius 1 is 1.08 bits per heavy atom. The second kappa shape index (κ2) is 8.43. The molecule has 7 rings (SSSR count). The van der Waals surface area contributed by atoms with E-state index >= 15 is 0 Å². The maximum atomic E-state index is 13.1. The molecular formula is C28H36N6O2. The number of fused-ring (bicyclic) bond motifs is 3. The molecule has 1 aromatic heterocycles. The van der Waals surface area contributed by atoms with Crippen LogP contribution in [0.1, 0.15) is 42.9 Å². The van der Waals surface area contributed by atoms with Crippen LogP contribution in [0.4, 0.5) is 11.5 Å². The SMILES string of the molecule is COc1ccc2c(c1)[C@]1(C[C@@H]1C1CCC3C(C1)NNC3c1ccc(N3CCN(C)CC3)nc1)C(=O)N2. The standard InChI is InChI=1S/C28H36N6O2/c1-33-9-11-34(12-10-33)25-8-4-18(16-29-25)26-20-6-3-17(13-24(20)31-32-26)22-15-28(22)21-14-19(36-2)5-7-23(21)30-27(28)35/h4-5,7-8,14,16-17,20,22,24,26,31-32H,3,6,9-13,15H2,1-2H3,(H,30,35)/t17?,20?,22-,24?,26?,28+/m1/s1. The number of ether oxygens (including phenoxy) is 1. The number of carbonyl (C=O) groups excluding carboxylic acids is 1. The number of amides is 1. The average molecular weight is 489 g/mol. The van der Waals surface area contributed by atoms with E-state index in [-0.39, 0.29) is 17.4 Å². The van der Waals surface area contributed by atoms with Gasteiger partial charge in [-0.1, -0.05) is 6.07 Å². The predicted molar refractivity (Wildman–Crippen MR) is 139 cm³/mol. The molecule has 4 heterocycles. The summed E-state index contributed by atoms with van der Waals surface area (Å²) in [5, 5.41) is 3.14. The quantitative estimate of drug-likeness (QED) is 0.611. The highest BCUT2D eigenvalue weighted by Crippen LogP contribution is 2.65. The van der Waals surface area contributed by atoms with Gasteiger partial charge < -0.3 is 19.9 Å². The highest BCUT2D eigenvalue weighted by molar-refractivity contribution is 6.09. The molecule has 8 nitrogen and oxygen atoms in total. The Bertz CT molecular complexity index is 1160. The number of anilines is 2. The van der Waals surface area contributed by atoms with Gasteiger partial charge in [0.05, 0.1) is 18.6 Å². The maximum absolute atomic E-state index is 13.1. The summed E-state index contributed by atoms with van der Waals surface area (Å²) >= 11 is 0. The molecule has 0 bridgehead atoms. The topological polar surface area (TPSA) is 81.8 Å². The normalized spacial score (nSPS) is 35.4. The van der Waals surface area contributed by atoms with E-state index in [1.165, 1.54) is 18.4 Å². The third kappa shape index (κ3) is 3.45. The third-order valence-corrected chi connectivity index (χ3v) is 9.70. The number of piperazine rings is 1. The van der Waals surface area contributed by atoms with Crippen LogP contribution < -0.4 is 25.8 Å². The minimum absolute atomic E-state index is 0.180. The lowest BCUT2D eigenvalue weighted by molar-refractivity contribution is -0.118. The molecule has 4 unspecified atom stereocenters. The van der Waals surface area contributed by atoms with Crippen LogP contribution in [-0.4, -0.2) is 62.2 Å². The first-order valence-electron chi connectivity index (χ1n) is 13.5. The first-order chi connectivity index (χ1) is 17.6. The molecule has 5 aliphatic rings. The van der Waals surface area contributed by atoms with Crippen molar-refractivity contribution in [2.75, 3.05) is 50.6 Å². The summed E-state index contributed by atoms with van der Waals surface area (Å²) in [5.41, 5.74) is 10.2. The minimum atomic E-state index is -0.351. The fraction of sp³-hybridized carbons (Fsp3) is 0.571. The number of rotatable bonds is 4. The number of benzene rings is 1. The van der Waals surface area contributed by atoms with E-state index in [4.69, 9.17) is 9.72 Å². The van der Waals surface area contributed by atoms with Gasteiger partial charge in [-0.15, -0.1) is 0 Å². The number of aromatic nitrogens is 1. The van der Waals surface area contributed by atoms with Crippen molar-refractivity contribution in [3.63, 3.8) is 0 Å². The lowest BCUT2D eigenvalue weighted by atomic mass is 9.72. The van der Waals surface area contributed by atoms with E-state index in [2.05, 4.69) is 57.4 Å². The molecule has 1 spiro atoms. The molecule has 190 valence electrons. The van der Waals surface area contributed by atoms with E-state index in [1.54, 1.807) is 7.11 Å². The van der Waals surface area contributed by atoms with Crippen molar-refractivity contribution in [1.82, 2.24) is 20.7 Å². The number of hydrogen-bond acceptors (Lipinski definition) is 7. The van der Waals surface area contributed by atoms with Crippen LogP contribution >= 0.6 is 0 Å². The molecule has 2 saturated heterocycles. The van der Waals surface area contributed by atoms with Gasteiger partial charge >= 0.3 is 0 Å². The average Bonchev–Trinajstić information content (AvgIpc) is 3.44. The molecule has 1 aromatic carbocycles. The summed E-state index contributed by atoms with van der Waals surface area (Å²) in [6, 6.07) is 11.2. The number of pyridine rings is 1. The van der Waals surface area contributed by atoms with Crippen LogP contribution in [0.25, 0.3) is 0 Å². The molecule has 2 aliphatic carbocycles. The van der Waals surface area contributed by atoms with E-state index in [0.29, 0.717) is 23.8 Å². The van der Waals surface area contributed by atoms with E-state index < -0.39 is 0 Å². The summed E-state index contributed by atoms with van der Waals surface area (Å²) in [6.45, 7) is 4.25. The number of nitrogens with one attached hydrogen (secondary N) is 3. The van der Waals surface area contributed by atoms with Crippen molar-refractivity contribution in [3.05, 3.63) is 47.7 Å². The molecular weight excluding hydrogens is 452 g/mol. The van der Waals surface area contributed by atoms with Gasteiger partial charge in [-0.3, -0.25) is 10.2 Å². The van der Waals surface area contributed by atoms with Crippen LogP contribution in [-0.2, 0) is 10.2 Å². The minimum Gasteiger partial charge on any atom is -0.497 e. The molecule has 2 saturated carbocycles. The molecule has 0 radical (unpaired) electrons.